The summed E-state index contributed by atoms with van der Waals surface area (Å²) in [5.41, 5.74) is 0. The lowest BCUT2D eigenvalue weighted by Gasteiger charge is -2.31. The molecule has 1 unspecified atom stereocenters. The average molecular weight is 225 g/mol. The highest BCUT2D eigenvalue weighted by Crippen LogP contribution is 2.34. The molecule has 0 aromatic heterocycles. The van der Waals surface area contributed by atoms with Crippen LogP contribution in [0.15, 0.2) is 0 Å². The highest BCUT2D eigenvalue weighted by atomic mass is 16.5. The van der Waals surface area contributed by atoms with Gasteiger partial charge in [0.05, 0.1) is 6.10 Å². The average Bonchev–Trinajstić information content (AvgIpc) is 3.13. The molecule has 2 nitrogen and oxygen atoms in total. The van der Waals surface area contributed by atoms with Gasteiger partial charge in [0.2, 0.25) is 0 Å². The summed E-state index contributed by atoms with van der Waals surface area (Å²) in [6.45, 7) is 2.32. The fourth-order valence-electron chi connectivity index (χ4n) is 2.91. The summed E-state index contributed by atoms with van der Waals surface area (Å²) in [7, 11) is 1.85. The van der Waals surface area contributed by atoms with E-state index < -0.39 is 0 Å². The largest absolute Gasteiger partial charge is 0.381 e. The molecule has 0 heterocycles. The minimum atomic E-state index is 0.529. The van der Waals surface area contributed by atoms with Crippen molar-refractivity contribution in [2.45, 2.75) is 76.5 Å². The Bertz CT molecular complexity index is 195. The van der Waals surface area contributed by atoms with Crippen molar-refractivity contribution in [1.82, 2.24) is 5.32 Å². The van der Waals surface area contributed by atoms with Crippen LogP contribution in [0.25, 0.3) is 0 Å². The van der Waals surface area contributed by atoms with Crippen molar-refractivity contribution in [2.75, 3.05) is 7.11 Å². The normalized spacial score (nSPS) is 32.6. The third-order valence-electron chi connectivity index (χ3n) is 4.29. The molecule has 2 aliphatic carbocycles. The van der Waals surface area contributed by atoms with Crippen molar-refractivity contribution in [3.05, 3.63) is 0 Å². The molecule has 2 aliphatic rings. The molecule has 2 saturated carbocycles. The summed E-state index contributed by atoms with van der Waals surface area (Å²) in [6, 6.07) is 1.53. The van der Waals surface area contributed by atoms with E-state index in [4.69, 9.17) is 4.74 Å². The van der Waals surface area contributed by atoms with Crippen molar-refractivity contribution in [3.8, 4) is 0 Å². The van der Waals surface area contributed by atoms with Gasteiger partial charge in [-0.25, -0.2) is 0 Å². The van der Waals surface area contributed by atoms with Crippen LogP contribution in [0.4, 0.5) is 0 Å². The molecule has 0 saturated heterocycles. The van der Waals surface area contributed by atoms with Gasteiger partial charge in [0, 0.05) is 19.2 Å². The molecule has 16 heavy (non-hydrogen) atoms. The number of hydrogen-bond acceptors (Lipinski definition) is 2. The number of methoxy groups -OCH3 is 1. The summed E-state index contributed by atoms with van der Waals surface area (Å²) < 4.78 is 5.42. The molecule has 0 aromatic carbocycles. The fourth-order valence-corrected chi connectivity index (χ4v) is 2.91. The minimum absolute atomic E-state index is 0.529. The van der Waals surface area contributed by atoms with E-state index in [0.717, 1.165) is 18.0 Å². The van der Waals surface area contributed by atoms with Crippen molar-refractivity contribution in [2.24, 2.45) is 5.92 Å². The van der Waals surface area contributed by atoms with Gasteiger partial charge < -0.3 is 10.1 Å². The molecule has 0 bridgehead atoms. The van der Waals surface area contributed by atoms with Gasteiger partial charge in [0.15, 0.2) is 0 Å². The van der Waals surface area contributed by atoms with E-state index in [0.29, 0.717) is 6.10 Å². The molecule has 0 aromatic rings. The molecule has 1 atom stereocenters. The van der Waals surface area contributed by atoms with E-state index in [1.807, 2.05) is 7.11 Å². The van der Waals surface area contributed by atoms with Gasteiger partial charge >= 0.3 is 0 Å². The van der Waals surface area contributed by atoms with Gasteiger partial charge in [-0.05, 0) is 44.4 Å². The lowest BCUT2D eigenvalue weighted by atomic mass is 9.91. The maximum Gasteiger partial charge on any atom is 0.0572 e. The topological polar surface area (TPSA) is 21.3 Å². The molecule has 0 radical (unpaired) electrons. The van der Waals surface area contributed by atoms with Crippen molar-refractivity contribution in [3.63, 3.8) is 0 Å². The number of ether oxygens (including phenoxy) is 1. The van der Waals surface area contributed by atoms with Gasteiger partial charge in [0.25, 0.3) is 0 Å². The summed E-state index contributed by atoms with van der Waals surface area (Å²) in [5.74, 6) is 1.05. The van der Waals surface area contributed by atoms with Crippen molar-refractivity contribution in [1.29, 1.82) is 0 Å². The molecule has 0 spiro atoms. The smallest absolute Gasteiger partial charge is 0.0572 e. The van der Waals surface area contributed by atoms with E-state index in [9.17, 15) is 0 Å². The zero-order chi connectivity index (χ0) is 11.4. The van der Waals surface area contributed by atoms with E-state index in [2.05, 4.69) is 12.2 Å². The van der Waals surface area contributed by atoms with Crippen LogP contribution in [0.2, 0.25) is 0 Å². The Balaban J connectivity index is 1.67. The third kappa shape index (κ3) is 3.74. The Morgan fingerprint density at radius 2 is 1.81 bits per heavy atom. The van der Waals surface area contributed by atoms with Crippen molar-refractivity contribution >= 4 is 0 Å². The summed E-state index contributed by atoms with van der Waals surface area (Å²) in [6.07, 6.45) is 11.3. The number of nitrogens with one attached hydrogen (secondary N) is 1. The van der Waals surface area contributed by atoms with E-state index in [1.54, 1.807) is 0 Å². The highest BCUT2D eigenvalue weighted by molar-refractivity contribution is 4.84. The molecule has 2 rings (SSSR count). The molecule has 2 heteroatoms. The van der Waals surface area contributed by atoms with Crippen LogP contribution in [0.1, 0.15) is 58.3 Å². The highest BCUT2D eigenvalue weighted by Gasteiger charge is 2.27. The van der Waals surface area contributed by atoms with E-state index >= 15 is 0 Å². The van der Waals surface area contributed by atoms with Crippen LogP contribution in [-0.4, -0.2) is 25.3 Å². The lowest BCUT2D eigenvalue weighted by Crippen LogP contribution is -2.41. The predicted octanol–water partition coefficient (Wildman–Crippen LogP) is 3.11. The Kier molecular flexibility index (Phi) is 4.66. The van der Waals surface area contributed by atoms with Crippen molar-refractivity contribution < 1.29 is 4.74 Å². The molecule has 1 N–H and O–H groups in total. The summed E-state index contributed by atoms with van der Waals surface area (Å²) in [4.78, 5) is 0. The molecular weight excluding hydrogens is 198 g/mol. The Morgan fingerprint density at radius 3 is 2.31 bits per heavy atom. The zero-order valence-electron chi connectivity index (χ0n) is 10.9. The van der Waals surface area contributed by atoms with Crippen LogP contribution in [0, 0.1) is 5.92 Å². The third-order valence-corrected chi connectivity index (χ3v) is 4.29. The first kappa shape index (κ1) is 12.4. The number of rotatable bonds is 6. The lowest BCUT2D eigenvalue weighted by molar-refractivity contribution is 0.0608. The quantitative estimate of drug-likeness (QED) is 0.750. The first-order valence-corrected chi connectivity index (χ1v) is 7.10. The monoisotopic (exact) mass is 225 g/mol. The summed E-state index contributed by atoms with van der Waals surface area (Å²) in [5, 5.41) is 3.87. The minimum Gasteiger partial charge on any atom is -0.381 e. The van der Waals surface area contributed by atoms with Crippen LogP contribution < -0.4 is 5.32 Å². The van der Waals surface area contributed by atoms with Crippen LogP contribution >= 0.6 is 0 Å². The molecular formula is C14H27NO. The molecule has 2 fully saturated rings. The molecule has 0 aliphatic heterocycles. The van der Waals surface area contributed by atoms with Crippen LogP contribution in [0.5, 0.6) is 0 Å². The van der Waals surface area contributed by atoms with Gasteiger partial charge in [0.1, 0.15) is 0 Å². The second-order valence-corrected chi connectivity index (χ2v) is 5.66. The van der Waals surface area contributed by atoms with E-state index in [-0.39, 0.29) is 0 Å². The Morgan fingerprint density at radius 1 is 1.12 bits per heavy atom. The number of hydrogen-bond donors (Lipinski definition) is 1. The molecule has 0 amide bonds. The first-order chi connectivity index (χ1) is 7.81. The predicted molar refractivity (Wildman–Crippen MR) is 67.6 cm³/mol. The van der Waals surface area contributed by atoms with E-state index in [1.165, 1.54) is 51.4 Å². The molecule has 94 valence electrons. The van der Waals surface area contributed by atoms with Crippen LogP contribution in [0.3, 0.4) is 0 Å². The maximum atomic E-state index is 5.42. The second-order valence-electron chi connectivity index (χ2n) is 5.66. The van der Waals surface area contributed by atoms with Gasteiger partial charge in [-0.15, -0.1) is 0 Å². The van der Waals surface area contributed by atoms with Gasteiger partial charge in [-0.1, -0.05) is 19.8 Å². The van der Waals surface area contributed by atoms with Gasteiger partial charge in [-0.2, -0.15) is 0 Å². The maximum absolute atomic E-state index is 5.42. The summed E-state index contributed by atoms with van der Waals surface area (Å²) >= 11 is 0. The Labute approximate surface area is 100 Å². The SMILES string of the molecule is CCC(CC1CC1)NC1CCC(OC)CC1. The van der Waals surface area contributed by atoms with Crippen LogP contribution in [-0.2, 0) is 4.74 Å². The fraction of sp³-hybridized carbons (Fsp3) is 1.00. The standard InChI is InChI=1S/C14H27NO/c1-3-12(10-11-4-5-11)15-13-6-8-14(16-2)9-7-13/h11-15H,3-10H2,1-2H3. The zero-order valence-corrected chi connectivity index (χ0v) is 10.9. The Hall–Kier alpha value is -0.0800. The second kappa shape index (κ2) is 6.02. The van der Waals surface area contributed by atoms with Gasteiger partial charge in [-0.3, -0.25) is 0 Å². The first-order valence-electron chi connectivity index (χ1n) is 7.10.